The third-order valence-electron chi connectivity index (χ3n) is 2.63. The highest BCUT2D eigenvalue weighted by molar-refractivity contribution is 7.99. The fourth-order valence-corrected chi connectivity index (χ4v) is 3.10. The van der Waals surface area contributed by atoms with Crippen molar-refractivity contribution in [2.45, 2.75) is 38.0 Å². The topological polar surface area (TPSA) is 12.0 Å². The molecule has 0 aliphatic heterocycles. The predicted molar refractivity (Wildman–Crippen MR) is 73.1 cm³/mol. The zero-order chi connectivity index (χ0) is 11.1. The number of hydrogen-bond acceptors (Lipinski definition) is 3. The molecule has 1 rings (SSSR count). The normalized spacial score (nSPS) is 15.1. The van der Waals surface area contributed by atoms with Crippen molar-refractivity contribution in [2.24, 2.45) is 0 Å². The SMILES string of the molecule is CCC(C)SCC(Cc1ccsc1)NC. The minimum atomic E-state index is 0.610. The smallest absolute Gasteiger partial charge is 0.0195 e. The maximum atomic E-state index is 3.40. The molecule has 0 spiro atoms. The molecule has 86 valence electrons. The highest BCUT2D eigenvalue weighted by Crippen LogP contribution is 2.17. The van der Waals surface area contributed by atoms with Crippen LogP contribution in [0.25, 0.3) is 0 Å². The van der Waals surface area contributed by atoms with Crippen molar-refractivity contribution >= 4 is 23.1 Å². The molecule has 1 aromatic heterocycles. The van der Waals surface area contributed by atoms with Gasteiger partial charge in [-0.15, -0.1) is 0 Å². The molecule has 1 heterocycles. The predicted octanol–water partition coefficient (Wildman–Crippen LogP) is 3.41. The lowest BCUT2D eigenvalue weighted by Crippen LogP contribution is -2.30. The molecule has 2 atom stereocenters. The van der Waals surface area contributed by atoms with E-state index < -0.39 is 0 Å². The molecular weight excluding hydrogens is 222 g/mol. The Morgan fingerprint density at radius 1 is 1.53 bits per heavy atom. The van der Waals surface area contributed by atoms with E-state index in [0.29, 0.717) is 6.04 Å². The Morgan fingerprint density at radius 3 is 2.87 bits per heavy atom. The van der Waals surface area contributed by atoms with E-state index in [4.69, 9.17) is 0 Å². The molecule has 3 heteroatoms. The van der Waals surface area contributed by atoms with Gasteiger partial charge in [-0.1, -0.05) is 13.8 Å². The molecule has 0 saturated heterocycles. The molecule has 2 unspecified atom stereocenters. The maximum Gasteiger partial charge on any atom is 0.0195 e. The van der Waals surface area contributed by atoms with Crippen LogP contribution in [0.4, 0.5) is 0 Å². The standard InChI is InChI=1S/C12H21NS2/c1-4-10(2)15-9-12(13-3)7-11-5-6-14-8-11/h5-6,8,10,12-13H,4,7,9H2,1-3H3. The van der Waals surface area contributed by atoms with Gasteiger partial charge >= 0.3 is 0 Å². The largest absolute Gasteiger partial charge is 0.316 e. The highest BCUT2D eigenvalue weighted by atomic mass is 32.2. The maximum absolute atomic E-state index is 3.40. The van der Waals surface area contributed by atoms with Crippen LogP contribution in [-0.2, 0) is 6.42 Å². The Labute approximate surface area is 102 Å². The monoisotopic (exact) mass is 243 g/mol. The Kier molecular flexibility index (Phi) is 6.37. The average molecular weight is 243 g/mol. The molecule has 0 aromatic carbocycles. The van der Waals surface area contributed by atoms with Gasteiger partial charge in [0.05, 0.1) is 0 Å². The first kappa shape index (κ1) is 13.1. The Hall–Kier alpha value is 0.01000. The number of thiophene rings is 1. The highest BCUT2D eigenvalue weighted by Gasteiger charge is 2.09. The van der Waals surface area contributed by atoms with Crippen molar-refractivity contribution in [3.63, 3.8) is 0 Å². The molecular formula is C12H21NS2. The second-order valence-electron chi connectivity index (χ2n) is 3.87. The summed E-state index contributed by atoms with van der Waals surface area (Å²) < 4.78 is 0. The molecule has 1 N–H and O–H groups in total. The van der Waals surface area contributed by atoms with E-state index in [1.54, 1.807) is 11.3 Å². The summed E-state index contributed by atoms with van der Waals surface area (Å²) in [7, 11) is 2.06. The summed E-state index contributed by atoms with van der Waals surface area (Å²) in [5, 5.41) is 8.59. The summed E-state index contributed by atoms with van der Waals surface area (Å²) in [5.74, 6) is 1.21. The van der Waals surface area contributed by atoms with Gasteiger partial charge in [-0.2, -0.15) is 23.1 Å². The lowest BCUT2D eigenvalue weighted by atomic mass is 10.1. The van der Waals surface area contributed by atoms with Crippen molar-refractivity contribution in [2.75, 3.05) is 12.8 Å². The van der Waals surface area contributed by atoms with E-state index in [9.17, 15) is 0 Å². The summed E-state index contributed by atoms with van der Waals surface area (Å²) in [6.07, 6.45) is 2.42. The van der Waals surface area contributed by atoms with Crippen LogP contribution in [0.2, 0.25) is 0 Å². The van der Waals surface area contributed by atoms with Crippen LogP contribution in [0, 0.1) is 0 Å². The lowest BCUT2D eigenvalue weighted by molar-refractivity contribution is 0.617. The van der Waals surface area contributed by atoms with E-state index in [0.717, 1.165) is 11.7 Å². The van der Waals surface area contributed by atoms with Gasteiger partial charge in [0.2, 0.25) is 0 Å². The zero-order valence-corrected chi connectivity index (χ0v) is 11.5. The molecule has 0 amide bonds. The van der Waals surface area contributed by atoms with Crippen LogP contribution < -0.4 is 5.32 Å². The lowest BCUT2D eigenvalue weighted by Gasteiger charge is -2.17. The molecule has 0 aliphatic carbocycles. The van der Waals surface area contributed by atoms with Gasteiger partial charge < -0.3 is 5.32 Å². The zero-order valence-electron chi connectivity index (χ0n) is 9.82. The van der Waals surface area contributed by atoms with Crippen molar-refractivity contribution in [1.82, 2.24) is 5.32 Å². The average Bonchev–Trinajstić information content (AvgIpc) is 2.76. The first-order valence-corrected chi connectivity index (χ1v) is 7.55. The Morgan fingerprint density at radius 2 is 2.33 bits per heavy atom. The van der Waals surface area contributed by atoms with Gasteiger partial charge in [-0.25, -0.2) is 0 Å². The first-order chi connectivity index (χ1) is 7.26. The number of hydrogen-bond donors (Lipinski definition) is 1. The molecule has 0 bridgehead atoms. The number of thioether (sulfide) groups is 1. The molecule has 0 radical (unpaired) electrons. The van der Waals surface area contributed by atoms with E-state index >= 15 is 0 Å². The van der Waals surface area contributed by atoms with Crippen LogP contribution in [-0.4, -0.2) is 24.1 Å². The third kappa shape index (κ3) is 5.05. The molecule has 0 saturated carbocycles. The molecule has 15 heavy (non-hydrogen) atoms. The van der Waals surface area contributed by atoms with Gasteiger partial charge in [0.1, 0.15) is 0 Å². The van der Waals surface area contributed by atoms with E-state index in [-0.39, 0.29) is 0 Å². The molecule has 1 aromatic rings. The fraction of sp³-hybridized carbons (Fsp3) is 0.667. The van der Waals surface area contributed by atoms with Gasteiger partial charge in [0.25, 0.3) is 0 Å². The van der Waals surface area contributed by atoms with E-state index in [2.05, 4.69) is 54.8 Å². The van der Waals surface area contributed by atoms with Gasteiger partial charge in [0, 0.05) is 17.0 Å². The van der Waals surface area contributed by atoms with Crippen LogP contribution in [0.15, 0.2) is 16.8 Å². The Balaban J connectivity index is 2.30. The summed E-state index contributed by atoms with van der Waals surface area (Å²) in [6, 6.07) is 2.83. The minimum Gasteiger partial charge on any atom is -0.316 e. The third-order valence-corrected chi connectivity index (χ3v) is 4.86. The first-order valence-electron chi connectivity index (χ1n) is 5.56. The molecule has 0 fully saturated rings. The second kappa shape index (κ2) is 7.31. The molecule has 0 aliphatic rings. The number of nitrogens with one attached hydrogen (secondary N) is 1. The second-order valence-corrected chi connectivity index (χ2v) is 6.12. The molecule has 1 nitrogen and oxygen atoms in total. The minimum absolute atomic E-state index is 0.610. The van der Waals surface area contributed by atoms with Crippen molar-refractivity contribution < 1.29 is 0 Å². The van der Waals surface area contributed by atoms with Crippen LogP contribution in [0.3, 0.4) is 0 Å². The quantitative estimate of drug-likeness (QED) is 0.787. The number of likely N-dealkylation sites (N-methyl/N-ethyl adjacent to an activating group) is 1. The van der Waals surface area contributed by atoms with Crippen LogP contribution in [0.1, 0.15) is 25.8 Å². The number of rotatable bonds is 7. The fourth-order valence-electron chi connectivity index (χ4n) is 1.34. The van der Waals surface area contributed by atoms with Crippen LogP contribution in [0.5, 0.6) is 0 Å². The van der Waals surface area contributed by atoms with E-state index in [1.807, 2.05) is 0 Å². The van der Waals surface area contributed by atoms with Crippen molar-refractivity contribution in [1.29, 1.82) is 0 Å². The summed E-state index contributed by atoms with van der Waals surface area (Å²) in [4.78, 5) is 0. The van der Waals surface area contributed by atoms with Gasteiger partial charge in [-0.05, 0) is 42.3 Å². The Bertz CT molecular complexity index is 246. The van der Waals surface area contributed by atoms with Gasteiger partial charge in [-0.3, -0.25) is 0 Å². The summed E-state index contributed by atoms with van der Waals surface area (Å²) >= 11 is 3.86. The van der Waals surface area contributed by atoms with Crippen molar-refractivity contribution in [3.05, 3.63) is 22.4 Å². The van der Waals surface area contributed by atoms with E-state index in [1.165, 1.54) is 17.7 Å². The van der Waals surface area contributed by atoms with Gasteiger partial charge in [0.15, 0.2) is 0 Å². The van der Waals surface area contributed by atoms with Crippen molar-refractivity contribution in [3.8, 4) is 0 Å². The summed E-state index contributed by atoms with van der Waals surface area (Å²) in [6.45, 7) is 4.56. The summed E-state index contributed by atoms with van der Waals surface area (Å²) in [5.41, 5.74) is 1.46. The van der Waals surface area contributed by atoms with Crippen LogP contribution >= 0.6 is 23.1 Å².